The Morgan fingerprint density at radius 3 is 1.87 bits per heavy atom. The molecule has 0 aromatic rings. The monoisotopic (exact) mass is 272 g/mol. The molecule has 2 heteroatoms. The summed E-state index contributed by atoms with van der Waals surface area (Å²) in [6.45, 7) is 6.77. The SMILES string of the molecule is C[CH2][Ge]([CH2]C)([CH2]C)[C](=O)C1CCCCC1. The van der Waals surface area contributed by atoms with Crippen LogP contribution in [0.2, 0.25) is 15.8 Å². The average molecular weight is 271 g/mol. The van der Waals surface area contributed by atoms with Crippen LogP contribution in [0, 0.1) is 5.92 Å². The predicted octanol–water partition coefficient (Wildman–Crippen LogP) is 4.18. The molecule has 15 heavy (non-hydrogen) atoms. The van der Waals surface area contributed by atoms with Crippen molar-refractivity contribution < 1.29 is 4.79 Å². The summed E-state index contributed by atoms with van der Waals surface area (Å²) in [5.74, 6) is 0.471. The molecule has 0 unspecified atom stereocenters. The number of hydrogen-bond donors (Lipinski definition) is 0. The molecule has 0 N–H and O–H groups in total. The number of hydrogen-bond acceptors (Lipinski definition) is 1. The summed E-state index contributed by atoms with van der Waals surface area (Å²) in [6, 6.07) is 0. The van der Waals surface area contributed by atoms with E-state index in [0.717, 1.165) is 4.62 Å². The Hall–Kier alpha value is 0.213. The molecule has 0 radical (unpaired) electrons. The average Bonchev–Trinajstić information content (AvgIpc) is 2.33. The zero-order valence-electron chi connectivity index (χ0n) is 10.6. The molecule has 1 nitrogen and oxygen atoms in total. The van der Waals surface area contributed by atoms with Crippen molar-refractivity contribution in [2.45, 2.75) is 68.6 Å². The molecule has 0 bridgehead atoms. The second-order valence-corrected chi connectivity index (χ2v) is 15.9. The number of rotatable bonds is 5. The van der Waals surface area contributed by atoms with E-state index >= 15 is 0 Å². The first-order valence-corrected chi connectivity index (χ1v) is 12.2. The zero-order chi connectivity index (χ0) is 11.3. The standard InChI is InChI=1S/C13H26GeO/c1-4-14(5-2,6-3)13(15)12-10-8-7-9-11-12/h12H,4-11H2,1-3H3. The van der Waals surface area contributed by atoms with Crippen LogP contribution in [-0.4, -0.2) is 17.9 Å². The Kier molecular flexibility index (Phi) is 5.38. The Labute approximate surface area is 97.4 Å². The van der Waals surface area contributed by atoms with Gasteiger partial charge in [-0.2, -0.15) is 0 Å². The number of carbonyl (C=O) groups excluding carboxylic acids is 1. The van der Waals surface area contributed by atoms with Crippen LogP contribution in [0.25, 0.3) is 0 Å². The van der Waals surface area contributed by atoms with Crippen molar-refractivity contribution in [3.63, 3.8) is 0 Å². The fourth-order valence-corrected chi connectivity index (χ4v) is 10.8. The van der Waals surface area contributed by atoms with Crippen molar-refractivity contribution in [3.8, 4) is 0 Å². The van der Waals surface area contributed by atoms with Gasteiger partial charge in [0.15, 0.2) is 0 Å². The van der Waals surface area contributed by atoms with Gasteiger partial charge in [0.1, 0.15) is 0 Å². The molecule has 0 aliphatic heterocycles. The Morgan fingerprint density at radius 1 is 1.00 bits per heavy atom. The molecule has 1 aliphatic rings. The van der Waals surface area contributed by atoms with Crippen molar-refractivity contribution >= 4 is 17.9 Å². The maximum atomic E-state index is 12.6. The van der Waals surface area contributed by atoms with E-state index in [9.17, 15) is 4.79 Å². The molecular weight excluding hydrogens is 245 g/mol. The molecule has 0 aromatic heterocycles. The van der Waals surface area contributed by atoms with Gasteiger partial charge in [-0.05, 0) is 0 Å². The molecule has 1 fully saturated rings. The second-order valence-electron chi connectivity index (χ2n) is 5.04. The first kappa shape index (κ1) is 13.3. The summed E-state index contributed by atoms with van der Waals surface area (Å²) in [5.41, 5.74) is 0. The quantitative estimate of drug-likeness (QED) is 0.685. The third kappa shape index (κ3) is 2.86. The molecule has 1 rings (SSSR count). The van der Waals surface area contributed by atoms with Gasteiger partial charge in [0.05, 0.1) is 0 Å². The summed E-state index contributed by atoms with van der Waals surface area (Å²) in [6.07, 6.45) is 6.35. The van der Waals surface area contributed by atoms with Gasteiger partial charge < -0.3 is 0 Å². The third-order valence-corrected chi connectivity index (χ3v) is 16.1. The Morgan fingerprint density at radius 2 is 1.47 bits per heavy atom. The van der Waals surface area contributed by atoms with E-state index < -0.39 is 13.3 Å². The van der Waals surface area contributed by atoms with E-state index in [0.29, 0.717) is 5.92 Å². The van der Waals surface area contributed by atoms with Gasteiger partial charge >= 0.3 is 97.2 Å². The molecule has 0 saturated heterocycles. The summed E-state index contributed by atoms with van der Waals surface area (Å²) in [4.78, 5) is 12.6. The van der Waals surface area contributed by atoms with Crippen LogP contribution >= 0.6 is 0 Å². The first-order chi connectivity index (χ1) is 7.20. The van der Waals surface area contributed by atoms with Crippen LogP contribution in [0.15, 0.2) is 0 Å². The molecule has 88 valence electrons. The summed E-state index contributed by atoms with van der Waals surface area (Å²) < 4.78 is 0.766. The molecule has 0 heterocycles. The van der Waals surface area contributed by atoms with Gasteiger partial charge in [-0.15, -0.1) is 0 Å². The minimum atomic E-state index is -2.09. The van der Waals surface area contributed by atoms with Crippen LogP contribution in [-0.2, 0) is 4.79 Å². The molecule has 0 aromatic carbocycles. The molecule has 0 atom stereocenters. The summed E-state index contributed by atoms with van der Waals surface area (Å²) >= 11 is -2.09. The summed E-state index contributed by atoms with van der Waals surface area (Å²) in [5, 5.41) is 3.63. The van der Waals surface area contributed by atoms with Crippen LogP contribution in [0.4, 0.5) is 0 Å². The third-order valence-electron chi connectivity index (χ3n) is 4.53. The van der Waals surface area contributed by atoms with Gasteiger partial charge in [-0.1, -0.05) is 0 Å². The van der Waals surface area contributed by atoms with Crippen molar-refractivity contribution in [2.75, 3.05) is 0 Å². The van der Waals surface area contributed by atoms with Gasteiger partial charge in [0.25, 0.3) is 0 Å². The number of carbonyl (C=O) groups is 1. The summed E-state index contributed by atoms with van der Waals surface area (Å²) in [7, 11) is 0. The van der Waals surface area contributed by atoms with Crippen LogP contribution in [0.3, 0.4) is 0 Å². The molecular formula is C13H26GeO. The minimum absolute atomic E-state index is 0.471. The molecule has 1 aliphatic carbocycles. The topological polar surface area (TPSA) is 17.1 Å². The normalized spacial score (nSPS) is 19.1. The Bertz CT molecular complexity index is 194. The van der Waals surface area contributed by atoms with E-state index in [-0.39, 0.29) is 0 Å². The van der Waals surface area contributed by atoms with E-state index in [2.05, 4.69) is 20.8 Å². The van der Waals surface area contributed by atoms with Crippen LogP contribution in [0.5, 0.6) is 0 Å². The fraction of sp³-hybridized carbons (Fsp3) is 0.923. The first-order valence-electron chi connectivity index (χ1n) is 6.74. The van der Waals surface area contributed by atoms with Gasteiger partial charge in [0, 0.05) is 0 Å². The van der Waals surface area contributed by atoms with Crippen molar-refractivity contribution in [1.82, 2.24) is 0 Å². The molecule has 0 amide bonds. The van der Waals surface area contributed by atoms with Gasteiger partial charge in [-0.25, -0.2) is 0 Å². The fourth-order valence-electron chi connectivity index (χ4n) is 3.07. The van der Waals surface area contributed by atoms with Crippen molar-refractivity contribution in [1.29, 1.82) is 0 Å². The van der Waals surface area contributed by atoms with Crippen LogP contribution in [0.1, 0.15) is 52.9 Å². The maximum absolute atomic E-state index is 12.6. The van der Waals surface area contributed by atoms with E-state index in [1.807, 2.05) is 0 Å². The van der Waals surface area contributed by atoms with Crippen LogP contribution < -0.4 is 0 Å². The van der Waals surface area contributed by atoms with Gasteiger partial charge in [0.2, 0.25) is 0 Å². The van der Waals surface area contributed by atoms with E-state index in [1.54, 1.807) is 0 Å². The predicted molar refractivity (Wildman–Crippen MR) is 68.8 cm³/mol. The van der Waals surface area contributed by atoms with E-state index in [4.69, 9.17) is 0 Å². The Balaban J connectivity index is 2.70. The van der Waals surface area contributed by atoms with Crippen molar-refractivity contribution in [2.24, 2.45) is 5.92 Å². The zero-order valence-corrected chi connectivity index (χ0v) is 12.7. The van der Waals surface area contributed by atoms with Gasteiger partial charge in [-0.3, -0.25) is 0 Å². The molecule has 0 spiro atoms. The van der Waals surface area contributed by atoms with Crippen molar-refractivity contribution in [3.05, 3.63) is 0 Å². The van der Waals surface area contributed by atoms with E-state index in [1.165, 1.54) is 47.9 Å². The second kappa shape index (κ2) is 6.07. The molecule has 1 saturated carbocycles.